The number of amides is 3. The maximum absolute atomic E-state index is 12.2. The summed E-state index contributed by atoms with van der Waals surface area (Å²) in [4.78, 5) is 41.8. The van der Waals surface area contributed by atoms with Crippen LogP contribution in [0.15, 0.2) is 46.4 Å². The summed E-state index contributed by atoms with van der Waals surface area (Å²) in [5, 5.41) is 4.08. The minimum atomic E-state index is -0.939. The molecule has 0 spiro atoms. The molecule has 0 bridgehead atoms. The second kappa shape index (κ2) is 8.98. The van der Waals surface area contributed by atoms with Crippen molar-refractivity contribution in [1.82, 2.24) is 5.32 Å². The van der Waals surface area contributed by atoms with Gasteiger partial charge in [-0.25, -0.2) is 4.79 Å². The summed E-state index contributed by atoms with van der Waals surface area (Å²) < 4.78 is 4.71. The van der Waals surface area contributed by atoms with Crippen LogP contribution in [0.2, 0.25) is 0 Å². The topological polar surface area (TPSA) is 201 Å². The number of ether oxygens (including phenoxy) is 1. The smallest absolute Gasteiger partial charge is 0.436 e. The van der Waals surface area contributed by atoms with E-state index in [1.807, 2.05) is 0 Å². The van der Waals surface area contributed by atoms with Gasteiger partial charge in [0, 0.05) is 11.1 Å². The van der Waals surface area contributed by atoms with E-state index < -0.39 is 18.0 Å². The lowest BCUT2D eigenvalue weighted by molar-refractivity contribution is 0.0936. The SMILES string of the molecule is NC(N)=NC(=O)OCCNC(=O)c1ccc2cc(C(=O)N=C(N)N)ccc2c1. The van der Waals surface area contributed by atoms with Gasteiger partial charge in [0.1, 0.15) is 6.61 Å². The molecule has 0 saturated heterocycles. The molecule has 0 aliphatic carbocycles. The molecule has 2 rings (SSSR count). The number of rotatable bonds is 5. The number of carbonyl (C=O) groups excluding carboxylic acids is 3. The molecule has 0 saturated carbocycles. The number of hydrogen-bond acceptors (Lipinski definition) is 4. The van der Waals surface area contributed by atoms with Gasteiger partial charge in [0.15, 0.2) is 11.9 Å². The Bertz CT molecular complexity index is 977. The van der Waals surface area contributed by atoms with E-state index in [0.717, 1.165) is 10.8 Å². The Kier molecular flexibility index (Phi) is 6.47. The van der Waals surface area contributed by atoms with Gasteiger partial charge in [0.25, 0.3) is 11.8 Å². The van der Waals surface area contributed by atoms with Crippen molar-refractivity contribution in [3.05, 3.63) is 47.5 Å². The molecule has 2 aromatic carbocycles. The standard InChI is InChI=1S/C17H19N7O4/c18-15(19)23-14(26)12-4-2-9-7-11(3-1-10(9)8-12)13(25)22-5-6-28-17(27)24-16(20)21/h1-4,7-8H,5-6H2,(H,22,25)(H4,18,19,23,26)(H4,20,21,24,27). The number of nitrogens with zero attached hydrogens (tertiary/aromatic N) is 2. The number of benzene rings is 2. The first-order valence-electron chi connectivity index (χ1n) is 7.98. The molecular weight excluding hydrogens is 366 g/mol. The molecule has 0 aliphatic heterocycles. The fraction of sp³-hybridized carbons (Fsp3) is 0.118. The van der Waals surface area contributed by atoms with Crippen LogP contribution < -0.4 is 28.3 Å². The van der Waals surface area contributed by atoms with Crippen molar-refractivity contribution in [2.75, 3.05) is 13.2 Å². The average molecular weight is 385 g/mol. The van der Waals surface area contributed by atoms with Crippen molar-refractivity contribution < 1.29 is 19.1 Å². The summed E-state index contributed by atoms with van der Waals surface area (Å²) >= 11 is 0. The normalized spacial score (nSPS) is 10.0. The molecule has 0 heterocycles. The second-order valence-electron chi connectivity index (χ2n) is 5.53. The minimum Gasteiger partial charge on any atom is -0.446 e. The van der Waals surface area contributed by atoms with Gasteiger partial charge in [-0.05, 0) is 35.0 Å². The monoisotopic (exact) mass is 385 g/mol. The first kappa shape index (κ1) is 20.2. The first-order valence-corrected chi connectivity index (χ1v) is 7.98. The molecule has 0 aliphatic rings. The van der Waals surface area contributed by atoms with Gasteiger partial charge in [-0.3, -0.25) is 9.59 Å². The highest BCUT2D eigenvalue weighted by molar-refractivity contribution is 6.05. The molecular formula is C17H19N7O4. The zero-order valence-electron chi connectivity index (χ0n) is 14.7. The lowest BCUT2D eigenvalue weighted by Gasteiger charge is -2.07. The lowest BCUT2D eigenvalue weighted by atomic mass is 10.0. The summed E-state index contributed by atoms with van der Waals surface area (Å²) in [6.45, 7) is -0.0141. The Morgan fingerprint density at radius 1 is 0.857 bits per heavy atom. The molecule has 28 heavy (non-hydrogen) atoms. The van der Waals surface area contributed by atoms with Gasteiger partial charge in [0.2, 0.25) is 0 Å². The van der Waals surface area contributed by atoms with Gasteiger partial charge < -0.3 is 33.0 Å². The Morgan fingerprint density at radius 2 is 1.43 bits per heavy atom. The number of carbonyl (C=O) groups is 3. The molecule has 146 valence electrons. The Balaban J connectivity index is 2.00. The Morgan fingerprint density at radius 3 is 2.04 bits per heavy atom. The van der Waals surface area contributed by atoms with Crippen LogP contribution in [0.4, 0.5) is 4.79 Å². The van der Waals surface area contributed by atoms with Crippen molar-refractivity contribution >= 4 is 40.6 Å². The third-order valence-electron chi connectivity index (χ3n) is 3.41. The zero-order valence-corrected chi connectivity index (χ0v) is 14.7. The van der Waals surface area contributed by atoms with E-state index >= 15 is 0 Å². The number of nitrogens with one attached hydrogen (secondary N) is 1. The quantitative estimate of drug-likeness (QED) is 0.255. The highest BCUT2D eigenvalue weighted by atomic mass is 16.5. The summed E-state index contributed by atoms with van der Waals surface area (Å²) in [5.41, 5.74) is 21.2. The van der Waals surface area contributed by atoms with Crippen molar-refractivity contribution in [1.29, 1.82) is 0 Å². The van der Waals surface area contributed by atoms with E-state index in [1.54, 1.807) is 36.4 Å². The summed E-state index contributed by atoms with van der Waals surface area (Å²) in [6, 6.07) is 9.80. The summed E-state index contributed by atoms with van der Waals surface area (Å²) in [6.07, 6.45) is -0.939. The average Bonchev–Trinajstić information content (AvgIpc) is 2.63. The van der Waals surface area contributed by atoms with Crippen molar-refractivity contribution in [2.24, 2.45) is 32.9 Å². The van der Waals surface area contributed by atoms with Crippen molar-refractivity contribution in [2.45, 2.75) is 0 Å². The molecule has 11 nitrogen and oxygen atoms in total. The van der Waals surface area contributed by atoms with Crippen LogP contribution in [-0.4, -0.2) is 43.0 Å². The largest absolute Gasteiger partial charge is 0.446 e. The highest BCUT2D eigenvalue weighted by Gasteiger charge is 2.09. The first-order chi connectivity index (χ1) is 13.3. The van der Waals surface area contributed by atoms with Crippen LogP contribution in [0.5, 0.6) is 0 Å². The highest BCUT2D eigenvalue weighted by Crippen LogP contribution is 2.18. The predicted molar refractivity (Wildman–Crippen MR) is 104 cm³/mol. The fourth-order valence-corrected chi connectivity index (χ4v) is 2.24. The molecule has 0 atom stereocenters. The maximum Gasteiger partial charge on any atom is 0.436 e. The van der Waals surface area contributed by atoms with Crippen LogP contribution >= 0.6 is 0 Å². The molecule has 0 radical (unpaired) electrons. The van der Waals surface area contributed by atoms with Crippen LogP contribution in [0, 0.1) is 0 Å². The van der Waals surface area contributed by atoms with Crippen LogP contribution in [0.3, 0.4) is 0 Å². The molecule has 0 aromatic heterocycles. The van der Waals surface area contributed by atoms with E-state index in [2.05, 4.69) is 15.3 Å². The maximum atomic E-state index is 12.2. The summed E-state index contributed by atoms with van der Waals surface area (Å²) in [7, 11) is 0. The lowest BCUT2D eigenvalue weighted by Crippen LogP contribution is -2.28. The minimum absolute atomic E-state index is 0.0779. The molecule has 9 N–H and O–H groups in total. The number of nitrogens with two attached hydrogens (primary N) is 4. The van der Waals surface area contributed by atoms with E-state index in [0.29, 0.717) is 11.1 Å². The molecule has 0 fully saturated rings. The third-order valence-corrected chi connectivity index (χ3v) is 3.41. The Labute approximate surface area is 159 Å². The predicted octanol–water partition coefficient (Wildman–Crippen LogP) is -0.607. The van der Waals surface area contributed by atoms with E-state index in [4.69, 9.17) is 27.7 Å². The van der Waals surface area contributed by atoms with Gasteiger partial charge in [-0.15, -0.1) is 4.99 Å². The second-order valence-corrected chi connectivity index (χ2v) is 5.53. The van der Waals surface area contributed by atoms with Crippen LogP contribution in [0.1, 0.15) is 20.7 Å². The number of aliphatic imine (C=N–C) groups is 2. The number of hydrogen-bond donors (Lipinski definition) is 5. The molecule has 0 unspecified atom stereocenters. The van der Waals surface area contributed by atoms with Gasteiger partial charge >= 0.3 is 6.09 Å². The van der Waals surface area contributed by atoms with Crippen molar-refractivity contribution in [3.8, 4) is 0 Å². The van der Waals surface area contributed by atoms with E-state index in [9.17, 15) is 14.4 Å². The van der Waals surface area contributed by atoms with Crippen LogP contribution in [0.25, 0.3) is 10.8 Å². The number of fused-ring (bicyclic) bond motifs is 1. The third kappa shape index (κ3) is 5.69. The fourth-order valence-electron chi connectivity index (χ4n) is 2.24. The van der Waals surface area contributed by atoms with E-state index in [1.165, 1.54) is 0 Å². The number of guanidine groups is 2. The van der Waals surface area contributed by atoms with E-state index in [-0.39, 0.29) is 25.0 Å². The zero-order chi connectivity index (χ0) is 20.7. The summed E-state index contributed by atoms with van der Waals surface area (Å²) in [5.74, 6) is -1.64. The van der Waals surface area contributed by atoms with Crippen LogP contribution in [-0.2, 0) is 4.74 Å². The van der Waals surface area contributed by atoms with Gasteiger partial charge in [-0.1, -0.05) is 12.1 Å². The molecule has 3 amide bonds. The van der Waals surface area contributed by atoms with Gasteiger partial charge in [0.05, 0.1) is 6.54 Å². The van der Waals surface area contributed by atoms with Gasteiger partial charge in [-0.2, -0.15) is 4.99 Å². The molecule has 2 aromatic rings. The van der Waals surface area contributed by atoms with Crippen molar-refractivity contribution in [3.63, 3.8) is 0 Å². The molecule has 11 heteroatoms. The Hall–Kier alpha value is -4.15.